The summed E-state index contributed by atoms with van der Waals surface area (Å²) in [7, 11) is 1.47. The molecule has 3 rings (SSSR count). The molecule has 0 radical (unpaired) electrons. The van der Waals surface area contributed by atoms with E-state index in [9.17, 15) is 14.4 Å². The molecular formula is C19H25N3O4. The number of benzene rings is 1. The van der Waals surface area contributed by atoms with Crippen molar-refractivity contribution in [3.05, 3.63) is 29.8 Å². The molecule has 1 aromatic carbocycles. The van der Waals surface area contributed by atoms with Crippen molar-refractivity contribution in [1.82, 2.24) is 9.80 Å². The maximum absolute atomic E-state index is 12.9. The molecule has 7 nitrogen and oxygen atoms in total. The van der Waals surface area contributed by atoms with Crippen LogP contribution in [0, 0.1) is 6.92 Å². The molecule has 2 aliphatic heterocycles. The first-order valence-electron chi connectivity index (χ1n) is 8.95. The fraction of sp³-hybridized carbons (Fsp3) is 0.526. The van der Waals surface area contributed by atoms with Crippen molar-refractivity contribution in [2.75, 3.05) is 44.8 Å². The standard InChI is InChI=1S/C19H25N3O4/c1-14-4-3-5-15(12-14)20-8-10-21(11-9-20)19(25)16(13-26-2)22-17(23)6-7-18(22)24/h3-5,12,16H,6-11,13H2,1-2H3. The minimum atomic E-state index is -0.854. The van der Waals surface area contributed by atoms with Crippen LogP contribution in [0.5, 0.6) is 0 Å². The SMILES string of the molecule is COCC(C(=O)N1CCN(c2cccc(C)c2)CC1)N1C(=O)CCC1=O. The molecule has 0 spiro atoms. The van der Waals surface area contributed by atoms with E-state index in [0.717, 1.165) is 23.7 Å². The predicted octanol–water partition coefficient (Wildman–Crippen LogP) is 0.808. The van der Waals surface area contributed by atoms with Crippen LogP contribution in [-0.2, 0) is 19.1 Å². The van der Waals surface area contributed by atoms with Gasteiger partial charge in [-0.3, -0.25) is 19.3 Å². The van der Waals surface area contributed by atoms with Gasteiger partial charge in [-0.05, 0) is 24.6 Å². The van der Waals surface area contributed by atoms with E-state index < -0.39 is 6.04 Å². The lowest BCUT2D eigenvalue weighted by Gasteiger charge is -2.38. The maximum atomic E-state index is 12.9. The molecular weight excluding hydrogens is 334 g/mol. The van der Waals surface area contributed by atoms with Crippen LogP contribution in [0.15, 0.2) is 24.3 Å². The first kappa shape index (κ1) is 18.4. The number of amides is 3. The number of hydrogen-bond donors (Lipinski definition) is 0. The number of ether oxygens (including phenoxy) is 1. The van der Waals surface area contributed by atoms with Gasteiger partial charge in [-0.2, -0.15) is 0 Å². The van der Waals surface area contributed by atoms with E-state index in [1.807, 2.05) is 6.07 Å². The molecule has 3 amide bonds. The molecule has 1 atom stereocenters. The number of likely N-dealkylation sites (tertiary alicyclic amines) is 1. The Bertz CT molecular complexity index is 682. The number of aryl methyl sites for hydroxylation is 1. The molecule has 2 fully saturated rings. The number of nitrogens with zero attached hydrogens (tertiary/aromatic N) is 3. The van der Waals surface area contributed by atoms with Crippen LogP contribution in [0.1, 0.15) is 18.4 Å². The van der Waals surface area contributed by atoms with Gasteiger partial charge in [0.1, 0.15) is 6.04 Å². The van der Waals surface area contributed by atoms with Crippen LogP contribution in [0.2, 0.25) is 0 Å². The highest BCUT2D eigenvalue weighted by atomic mass is 16.5. The summed E-state index contributed by atoms with van der Waals surface area (Å²) in [6.45, 7) is 4.65. The number of anilines is 1. The highest BCUT2D eigenvalue weighted by Gasteiger charge is 2.40. The van der Waals surface area contributed by atoms with Crippen molar-refractivity contribution in [3.63, 3.8) is 0 Å². The third-order valence-electron chi connectivity index (χ3n) is 4.97. The quantitative estimate of drug-likeness (QED) is 0.728. The zero-order valence-corrected chi connectivity index (χ0v) is 15.3. The van der Waals surface area contributed by atoms with Gasteiger partial charge in [0.05, 0.1) is 6.61 Å². The van der Waals surface area contributed by atoms with Crippen LogP contribution in [0.4, 0.5) is 5.69 Å². The minimum Gasteiger partial charge on any atom is -0.382 e. The predicted molar refractivity (Wildman–Crippen MR) is 96.7 cm³/mol. The van der Waals surface area contributed by atoms with Gasteiger partial charge in [0.15, 0.2) is 0 Å². The number of imide groups is 1. The number of hydrogen-bond acceptors (Lipinski definition) is 5. The smallest absolute Gasteiger partial charge is 0.248 e. The van der Waals surface area contributed by atoms with E-state index in [4.69, 9.17) is 4.74 Å². The summed E-state index contributed by atoms with van der Waals surface area (Å²) in [4.78, 5) is 42.1. The van der Waals surface area contributed by atoms with Gasteiger partial charge in [0.25, 0.3) is 0 Å². The zero-order chi connectivity index (χ0) is 18.7. The van der Waals surface area contributed by atoms with E-state index in [2.05, 4.69) is 30.0 Å². The Morgan fingerprint density at radius 2 is 1.77 bits per heavy atom. The molecule has 2 heterocycles. The average Bonchev–Trinajstić information content (AvgIpc) is 2.98. The second-order valence-corrected chi connectivity index (χ2v) is 6.78. The average molecular weight is 359 g/mol. The van der Waals surface area contributed by atoms with Crippen LogP contribution in [0.25, 0.3) is 0 Å². The Morgan fingerprint density at radius 1 is 1.12 bits per heavy atom. The molecule has 1 aromatic rings. The lowest BCUT2D eigenvalue weighted by Crippen LogP contribution is -2.57. The zero-order valence-electron chi connectivity index (χ0n) is 15.3. The molecule has 0 aliphatic carbocycles. The van der Waals surface area contributed by atoms with Gasteiger partial charge in [-0.25, -0.2) is 0 Å². The van der Waals surface area contributed by atoms with Gasteiger partial charge in [-0.1, -0.05) is 12.1 Å². The Balaban J connectivity index is 1.66. The summed E-state index contributed by atoms with van der Waals surface area (Å²) in [6.07, 6.45) is 0.348. The fourth-order valence-electron chi connectivity index (χ4n) is 3.58. The van der Waals surface area contributed by atoms with Crippen molar-refractivity contribution in [1.29, 1.82) is 0 Å². The van der Waals surface area contributed by atoms with Gasteiger partial charge >= 0.3 is 0 Å². The molecule has 0 aromatic heterocycles. The highest BCUT2D eigenvalue weighted by molar-refractivity contribution is 6.05. The number of carbonyl (C=O) groups is 3. The van der Waals surface area contributed by atoms with E-state index in [1.165, 1.54) is 12.7 Å². The Hall–Kier alpha value is -2.41. The van der Waals surface area contributed by atoms with Crippen molar-refractivity contribution >= 4 is 23.4 Å². The van der Waals surface area contributed by atoms with Gasteiger partial charge in [0.2, 0.25) is 17.7 Å². The third-order valence-corrected chi connectivity index (χ3v) is 4.97. The normalized spacial score (nSPS) is 19.2. The summed E-state index contributed by atoms with van der Waals surface area (Å²) < 4.78 is 5.12. The monoisotopic (exact) mass is 359 g/mol. The van der Waals surface area contributed by atoms with E-state index >= 15 is 0 Å². The molecule has 1 unspecified atom stereocenters. The summed E-state index contributed by atoms with van der Waals surface area (Å²) in [6, 6.07) is 7.43. The van der Waals surface area contributed by atoms with E-state index in [-0.39, 0.29) is 37.2 Å². The molecule has 140 valence electrons. The molecule has 0 bridgehead atoms. The Kier molecular flexibility index (Phi) is 5.56. The van der Waals surface area contributed by atoms with Crippen molar-refractivity contribution < 1.29 is 19.1 Å². The van der Waals surface area contributed by atoms with Crippen LogP contribution >= 0.6 is 0 Å². The highest BCUT2D eigenvalue weighted by Crippen LogP contribution is 2.21. The number of methoxy groups -OCH3 is 1. The maximum Gasteiger partial charge on any atom is 0.248 e. The summed E-state index contributed by atoms with van der Waals surface area (Å²) in [5.74, 6) is -0.785. The van der Waals surface area contributed by atoms with Gasteiger partial charge in [0, 0.05) is 51.8 Å². The summed E-state index contributed by atoms with van der Waals surface area (Å²) in [5.41, 5.74) is 2.35. The summed E-state index contributed by atoms with van der Waals surface area (Å²) >= 11 is 0. The second kappa shape index (κ2) is 7.86. The Labute approximate surface area is 153 Å². The molecule has 0 N–H and O–H groups in total. The van der Waals surface area contributed by atoms with Crippen LogP contribution in [0.3, 0.4) is 0 Å². The molecule has 26 heavy (non-hydrogen) atoms. The van der Waals surface area contributed by atoms with Gasteiger partial charge < -0.3 is 14.5 Å². The number of rotatable bonds is 5. The van der Waals surface area contributed by atoms with Crippen LogP contribution in [-0.4, -0.2) is 73.5 Å². The van der Waals surface area contributed by atoms with Crippen LogP contribution < -0.4 is 4.90 Å². The Morgan fingerprint density at radius 3 is 2.35 bits per heavy atom. The fourth-order valence-corrected chi connectivity index (χ4v) is 3.58. The molecule has 2 aliphatic rings. The minimum absolute atomic E-state index is 0.0361. The lowest BCUT2D eigenvalue weighted by molar-refractivity contribution is -0.152. The van der Waals surface area contributed by atoms with Crippen molar-refractivity contribution in [3.8, 4) is 0 Å². The first-order chi connectivity index (χ1) is 12.5. The molecule has 2 saturated heterocycles. The number of carbonyl (C=O) groups excluding carboxylic acids is 3. The second-order valence-electron chi connectivity index (χ2n) is 6.78. The largest absolute Gasteiger partial charge is 0.382 e. The van der Waals surface area contributed by atoms with Crippen molar-refractivity contribution in [2.24, 2.45) is 0 Å². The molecule has 0 saturated carbocycles. The number of piperazine rings is 1. The van der Waals surface area contributed by atoms with Gasteiger partial charge in [-0.15, -0.1) is 0 Å². The lowest BCUT2D eigenvalue weighted by atomic mass is 10.1. The van der Waals surface area contributed by atoms with Crippen molar-refractivity contribution in [2.45, 2.75) is 25.8 Å². The summed E-state index contributed by atoms with van der Waals surface area (Å²) in [5, 5.41) is 0. The first-order valence-corrected chi connectivity index (χ1v) is 8.95. The van der Waals surface area contributed by atoms with E-state index in [1.54, 1.807) is 4.90 Å². The third kappa shape index (κ3) is 3.72. The van der Waals surface area contributed by atoms with E-state index in [0.29, 0.717) is 13.1 Å². The molecule has 7 heteroatoms. The topological polar surface area (TPSA) is 70.2 Å².